The lowest BCUT2D eigenvalue weighted by molar-refractivity contribution is 0.0891. The number of thiazole rings is 1. The highest BCUT2D eigenvalue weighted by molar-refractivity contribution is 14.0. The van der Waals surface area contributed by atoms with Crippen LogP contribution >= 0.6 is 35.3 Å². The highest BCUT2D eigenvalue weighted by atomic mass is 127. The second kappa shape index (κ2) is 14.1. The normalized spacial score (nSPS) is 17.9. The van der Waals surface area contributed by atoms with E-state index < -0.39 is 0 Å². The molecule has 0 spiro atoms. The molecule has 6 nitrogen and oxygen atoms in total. The fraction of sp³-hybridized carbons (Fsp3) is 0.583. The quantitative estimate of drug-likeness (QED) is 0.204. The summed E-state index contributed by atoms with van der Waals surface area (Å²) in [4.78, 5) is 14.5. The van der Waals surface area contributed by atoms with E-state index in [9.17, 15) is 0 Å². The lowest BCUT2D eigenvalue weighted by atomic mass is 10.0. The van der Waals surface area contributed by atoms with Crippen LogP contribution in [0.25, 0.3) is 0 Å². The van der Waals surface area contributed by atoms with Crippen molar-refractivity contribution < 1.29 is 0 Å². The van der Waals surface area contributed by atoms with Gasteiger partial charge >= 0.3 is 0 Å². The molecule has 1 aromatic heterocycles. The molecule has 1 aliphatic rings. The van der Waals surface area contributed by atoms with Crippen molar-refractivity contribution in [1.29, 1.82) is 0 Å². The van der Waals surface area contributed by atoms with Crippen LogP contribution in [0.1, 0.15) is 55.4 Å². The molecule has 2 N–H and O–H groups in total. The first kappa shape index (κ1) is 27.0. The Hall–Kier alpha value is -1.23. The van der Waals surface area contributed by atoms with E-state index in [0.717, 1.165) is 62.4 Å². The van der Waals surface area contributed by atoms with Gasteiger partial charge in [-0.25, -0.2) is 9.98 Å². The van der Waals surface area contributed by atoms with E-state index in [2.05, 4.69) is 88.9 Å². The second-order valence-electron chi connectivity index (χ2n) is 8.52. The Kier molecular flexibility index (Phi) is 11.9. The lowest BCUT2D eigenvalue weighted by Gasteiger charge is -2.40. The largest absolute Gasteiger partial charge is 0.357 e. The molecule has 0 radical (unpaired) electrons. The van der Waals surface area contributed by atoms with E-state index in [1.165, 1.54) is 5.56 Å². The minimum absolute atomic E-state index is 0. The van der Waals surface area contributed by atoms with Crippen molar-refractivity contribution in [3.63, 3.8) is 0 Å². The summed E-state index contributed by atoms with van der Waals surface area (Å²) in [5.41, 5.74) is 2.58. The number of halogens is 1. The van der Waals surface area contributed by atoms with E-state index in [0.29, 0.717) is 18.5 Å². The van der Waals surface area contributed by atoms with Crippen molar-refractivity contribution in [3.8, 4) is 0 Å². The fourth-order valence-electron chi connectivity index (χ4n) is 3.86. The number of aliphatic imine (C=N–C) groups is 1. The summed E-state index contributed by atoms with van der Waals surface area (Å²) in [5.74, 6) is 1.34. The predicted octanol–water partition coefficient (Wildman–Crippen LogP) is 4.32. The number of benzene rings is 1. The number of hydrogen-bond donors (Lipinski definition) is 2. The number of guanidine groups is 1. The van der Waals surface area contributed by atoms with E-state index in [1.807, 2.05) is 0 Å². The van der Waals surface area contributed by atoms with Crippen LogP contribution in [0.15, 0.2) is 40.7 Å². The third-order valence-corrected chi connectivity index (χ3v) is 6.52. The van der Waals surface area contributed by atoms with Crippen molar-refractivity contribution >= 4 is 41.3 Å². The van der Waals surface area contributed by atoms with Crippen LogP contribution < -0.4 is 10.6 Å². The van der Waals surface area contributed by atoms with Crippen LogP contribution in [0, 0.1) is 0 Å². The molecule has 1 unspecified atom stereocenters. The monoisotopic (exact) mass is 570 g/mol. The topological polar surface area (TPSA) is 55.8 Å². The number of nitrogens with one attached hydrogen (secondary N) is 2. The summed E-state index contributed by atoms with van der Waals surface area (Å²) in [5, 5.41) is 10.1. The Morgan fingerprint density at radius 1 is 1.22 bits per heavy atom. The molecule has 32 heavy (non-hydrogen) atoms. The van der Waals surface area contributed by atoms with Crippen molar-refractivity contribution in [2.24, 2.45) is 4.99 Å². The van der Waals surface area contributed by atoms with E-state index in [4.69, 9.17) is 4.99 Å². The molecule has 3 rings (SSSR count). The molecule has 1 atom stereocenters. The molecule has 0 aliphatic carbocycles. The maximum atomic E-state index is 4.74. The highest BCUT2D eigenvalue weighted by Crippen LogP contribution is 2.24. The zero-order chi connectivity index (χ0) is 22.1. The minimum Gasteiger partial charge on any atom is -0.357 e. The van der Waals surface area contributed by atoms with Gasteiger partial charge in [-0.15, -0.1) is 35.3 Å². The van der Waals surface area contributed by atoms with Gasteiger partial charge in [0.1, 0.15) is 5.01 Å². The SMILES string of the molecule is CCNC(=NCc1nc(C(C)C)cs1)NCCCN1CCN(C)CC1c1ccccc1.I. The Morgan fingerprint density at radius 3 is 2.69 bits per heavy atom. The van der Waals surface area contributed by atoms with E-state index in [1.54, 1.807) is 11.3 Å². The summed E-state index contributed by atoms with van der Waals surface area (Å²) < 4.78 is 0. The van der Waals surface area contributed by atoms with E-state index >= 15 is 0 Å². The zero-order valence-corrected chi connectivity index (χ0v) is 23.0. The minimum atomic E-state index is 0. The van der Waals surface area contributed by atoms with Gasteiger partial charge in [0.15, 0.2) is 5.96 Å². The second-order valence-corrected chi connectivity index (χ2v) is 9.46. The third kappa shape index (κ3) is 8.28. The number of nitrogens with zero attached hydrogens (tertiary/aromatic N) is 4. The van der Waals surface area contributed by atoms with E-state index in [-0.39, 0.29) is 24.0 Å². The molecule has 1 aliphatic heterocycles. The summed E-state index contributed by atoms with van der Waals surface area (Å²) in [6.45, 7) is 13.3. The molecule has 0 bridgehead atoms. The van der Waals surface area contributed by atoms with Crippen LogP contribution in [0.5, 0.6) is 0 Å². The molecule has 178 valence electrons. The average Bonchev–Trinajstić information content (AvgIpc) is 3.26. The van der Waals surface area contributed by atoms with Crippen LogP contribution in [-0.4, -0.2) is 67.1 Å². The molecule has 0 amide bonds. The molecule has 0 saturated carbocycles. The van der Waals surface area contributed by atoms with Gasteiger partial charge in [-0.3, -0.25) is 4.90 Å². The summed E-state index contributed by atoms with van der Waals surface area (Å²) >= 11 is 1.70. The maximum Gasteiger partial charge on any atom is 0.191 e. The Labute approximate surface area is 214 Å². The van der Waals surface area contributed by atoms with Gasteiger partial charge in [-0.05, 0) is 31.9 Å². The summed E-state index contributed by atoms with van der Waals surface area (Å²) in [7, 11) is 2.22. The fourth-order valence-corrected chi connectivity index (χ4v) is 4.74. The van der Waals surface area contributed by atoms with Crippen molar-refractivity contribution in [1.82, 2.24) is 25.4 Å². The van der Waals surface area contributed by atoms with Crippen LogP contribution in [0.4, 0.5) is 0 Å². The molecule has 1 aromatic carbocycles. The van der Waals surface area contributed by atoms with Gasteiger partial charge in [0.05, 0.1) is 12.2 Å². The molecule has 2 heterocycles. The first-order valence-corrected chi connectivity index (χ1v) is 12.4. The highest BCUT2D eigenvalue weighted by Gasteiger charge is 2.25. The number of piperazine rings is 1. The van der Waals surface area contributed by atoms with Gasteiger partial charge in [-0.1, -0.05) is 44.2 Å². The van der Waals surface area contributed by atoms with Crippen LogP contribution in [0.3, 0.4) is 0 Å². The molecular weight excluding hydrogens is 531 g/mol. The van der Waals surface area contributed by atoms with Crippen molar-refractivity contribution in [2.45, 2.75) is 45.7 Å². The number of rotatable bonds is 9. The third-order valence-electron chi connectivity index (χ3n) is 5.67. The molecule has 1 fully saturated rings. The first-order valence-electron chi connectivity index (χ1n) is 11.5. The van der Waals surface area contributed by atoms with Crippen LogP contribution in [0.2, 0.25) is 0 Å². The zero-order valence-electron chi connectivity index (χ0n) is 19.9. The lowest BCUT2D eigenvalue weighted by Crippen LogP contribution is -2.47. The summed E-state index contributed by atoms with van der Waals surface area (Å²) in [6.07, 6.45) is 1.09. The van der Waals surface area contributed by atoms with Gasteiger partial charge < -0.3 is 15.5 Å². The Morgan fingerprint density at radius 2 is 2.00 bits per heavy atom. The average molecular weight is 571 g/mol. The van der Waals surface area contributed by atoms with Gasteiger partial charge in [0.2, 0.25) is 0 Å². The Bertz CT molecular complexity index is 810. The van der Waals surface area contributed by atoms with Crippen LogP contribution in [-0.2, 0) is 6.54 Å². The van der Waals surface area contributed by atoms with Crippen molar-refractivity contribution in [2.75, 3.05) is 46.3 Å². The molecule has 2 aromatic rings. The Balaban J connectivity index is 0.00000363. The smallest absolute Gasteiger partial charge is 0.191 e. The van der Waals surface area contributed by atoms with Gasteiger partial charge in [-0.2, -0.15) is 0 Å². The molecule has 1 saturated heterocycles. The standard InChI is InChI=1S/C24H38N6S.HI/c1-5-25-24(27-16-23-28-21(18-31-23)19(2)3)26-12-9-13-30-15-14-29(4)17-22(30)20-10-7-6-8-11-20;/h6-8,10-11,18-19,22H,5,9,12-17H2,1-4H3,(H2,25,26,27);1H. The van der Waals surface area contributed by atoms with Gasteiger partial charge in [0, 0.05) is 50.7 Å². The summed E-state index contributed by atoms with van der Waals surface area (Å²) in [6, 6.07) is 11.4. The maximum absolute atomic E-state index is 4.74. The van der Waals surface area contributed by atoms with Gasteiger partial charge in [0.25, 0.3) is 0 Å². The number of hydrogen-bond acceptors (Lipinski definition) is 5. The molecular formula is C24H39IN6S. The number of aromatic nitrogens is 1. The predicted molar refractivity (Wildman–Crippen MR) is 147 cm³/mol. The molecule has 8 heteroatoms. The first-order chi connectivity index (χ1) is 15.1. The number of likely N-dealkylation sites (N-methyl/N-ethyl adjacent to an activating group) is 1. The van der Waals surface area contributed by atoms with Crippen molar-refractivity contribution in [3.05, 3.63) is 52.0 Å².